The van der Waals surface area contributed by atoms with Gasteiger partial charge in [0.2, 0.25) is 0 Å². The van der Waals surface area contributed by atoms with Crippen molar-refractivity contribution in [3.05, 3.63) is 239 Å². The third-order valence-corrected chi connectivity index (χ3v) is 9.80. The maximum Gasteiger partial charge on any atom is 0.259 e. The molecule has 7 rings (SSSR count). The van der Waals surface area contributed by atoms with Gasteiger partial charge in [0.25, 0.3) is 11.8 Å². The van der Waals surface area contributed by atoms with Gasteiger partial charge in [-0.15, -0.1) is 0 Å². The van der Waals surface area contributed by atoms with Crippen LogP contribution in [0.15, 0.2) is 194 Å². The molecule has 56 heavy (non-hydrogen) atoms. The minimum atomic E-state index is -0.984. The van der Waals surface area contributed by atoms with Crippen molar-refractivity contribution in [3.8, 4) is 0 Å². The van der Waals surface area contributed by atoms with Crippen LogP contribution in [0, 0.1) is 13.8 Å². The number of anilines is 2. The van der Waals surface area contributed by atoms with E-state index in [9.17, 15) is 19.2 Å². The molecule has 0 saturated heterocycles. The zero-order valence-electron chi connectivity index (χ0n) is 31.2. The number of aryl methyl sites for hydroxylation is 2. The molecule has 0 unspecified atom stereocenters. The van der Waals surface area contributed by atoms with Crippen molar-refractivity contribution in [3.63, 3.8) is 0 Å². The summed E-state index contributed by atoms with van der Waals surface area (Å²) < 4.78 is 0. The highest BCUT2D eigenvalue weighted by molar-refractivity contribution is 6.15. The van der Waals surface area contributed by atoms with E-state index in [2.05, 4.69) is 0 Å². The van der Waals surface area contributed by atoms with Crippen molar-refractivity contribution in [2.24, 2.45) is 0 Å². The number of benzene rings is 7. The van der Waals surface area contributed by atoms with Crippen molar-refractivity contribution in [2.45, 2.75) is 25.9 Å². The lowest BCUT2D eigenvalue weighted by Crippen LogP contribution is -2.40. The molecule has 0 radical (unpaired) electrons. The molecule has 0 aliphatic carbocycles. The van der Waals surface area contributed by atoms with Crippen LogP contribution < -0.4 is 9.80 Å². The van der Waals surface area contributed by atoms with E-state index in [1.54, 1.807) is 72.8 Å². The number of nitrogens with zero attached hydrogens (tertiary/aromatic N) is 2. The Kier molecular flexibility index (Phi) is 11.2. The van der Waals surface area contributed by atoms with Gasteiger partial charge < -0.3 is 0 Å². The smallest absolute Gasteiger partial charge is 0.259 e. The SMILES string of the molecule is Cc1ccc(N(C(=O)c2ccc(C(=O)N(c3ccc(C)cc3)[C@@H](C(=O)c3ccccc3)c3ccccc3)cc2)[C@@H](C(=O)c2ccccc2)c2ccccc2)cc1. The topological polar surface area (TPSA) is 74.8 Å². The molecule has 0 spiro atoms. The summed E-state index contributed by atoms with van der Waals surface area (Å²) >= 11 is 0. The number of ketones is 2. The first-order chi connectivity index (χ1) is 27.3. The number of Topliss-reactive ketones (excluding diaryl/α,β-unsaturated/α-hetero) is 2. The van der Waals surface area contributed by atoms with Crippen LogP contribution in [-0.4, -0.2) is 23.4 Å². The lowest BCUT2D eigenvalue weighted by Gasteiger charge is -2.32. The zero-order chi connectivity index (χ0) is 39.0. The molecule has 0 aliphatic heterocycles. The summed E-state index contributed by atoms with van der Waals surface area (Å²) in [5, 5.41) is 0. The van der Waals surface area contributed by atoms with Gasteiger partial charge in [-0.1, -0.05) is 157 Å². The van der Waals surface area contributed by atoms with Crippen LogP contribution in [0.1, 0.15) is 75.8 Å². The van der Waals surface area contributed by atoms with E-state index in [1.807, 2.05) is 135 Å². The second-order valence-electron chi connectivity index (χ2n) is 13.7. The van der Waals surface area contributed by atoms with E-state index in [4.69, 9.17) is 0 Å². The van der Waals surface area contributed by atoms with Gasteiger partial charge in [-0.25, -0.2) is 0 Å². The molecule has 7 aromatic carbocycles. The fourth-order valence-corrected chi connectivity index (χ4v) is 6.84. The Morgan fingerprint density at radius 2 is 0.625 bits per heavy atom. The Morgan fingerprint density at radius 3 is 0.929 bits per heavy atom. The zero-order valence-corrected chi connectivity index (χ0v) is 31.2. The Balaban J connectivity index is 1.30. The summed E-state index contributed by atoms with van der Waals surface area (Å²) in [5.74, 6) is -1.30. The lowest BCUT2D eigenvalue weighted by atomic mass is 9.93. The highest BCUT2D eigenvalue weighted by atomic mass is 16.2. The second-order valence-corrected chi connectivity index (χ2v) is 13.7. The predicted octanol–water partition coefficient (Wildman–Crippen LogP) is 10.8. The molecule has 6 nitrogen and oxygen atoms in total. The number of carbonyl (C=O) groups is 4. The van der Waals surface area contributed by atoms with Crippen molar-refractivity contribution in [1.29, 1.82) is 0 Å². The molecular formula is C50H40N2O4. The number of amides is 2. The van der Waals surface area contributed by atoms with Crippen molar-refractivity contribution >= 4 is 34.8 Å². The highest BCUT2D eigenvalue weighted by Gasteiger charge is 2.36. The van der Waals surface area contributed by atoms with E-state index >= 15 is 0 Å². The van der Waals surface area contributed by atoms with Crippen LogP contribution in [0.3, 0.4) is 0 Å². The third kappa shape index (κ3) is 8.00. The molecule has 7 aromatic rings. The molecule has 0 fully saturated rings. The monoisotopic (exact) mass is 732 g/mol. The minimum Gasteiger partial charge on any atom is -0.293 e. The number of carbonyl (C=O) groups excluding carboxylic acids is 4. The van der Waals surface area contributed by atoms with Crippen LogP contribution in [0.4, 0.5) is 11.4 Å². The number of hydrogen-bond donors (Lipinski definition) is 0. The van der Waals surface area contributed by atoms with Crippen LogP contribution >= 0.6 is 0 Å². The minimum absolute atomic E-state index is 0.235. The summed E-state index contributed by atoms with van der Waals surface area (Å²) in [6, 6.07) is 55.9. The summed E-state index contributed by atoms with van der Waals surface area (Å²) in [7, 11) is 0. The van der Waals surface area contributed by atoms with E-state index in [0.717, 1.165) is 11.1 Å². The first-order valence-corrected chi connectivity index (χ1v) is 18.5. The molecule has 0 bridgehead atoms. The maximum absolute atomic E-state index is 14.8. The Labute approximate surface area is 327 Å². The largest absolute Gasteiger partial charge is 0.293 e. The summed E-state index contributed by atoms with van der Waals surface area (Å²) in [6.45, 7) is 3.93. The van der Waals surface area contributed by atoms with Crippen LogP contribution in [0.25, 0.3) is 0 Å². The highest BCUT2D eigenvalue weighted by Crippen LogP contribution is 2.35. The van der Waals surface area contributed by atoms with Gasteiger partial charge in [0.1, 0.15) is 12.1 Å². The van der Waals surface area contributed by atoms with E-state index in [0.29, 0.717) is 33.6 Å². The van der Waals surface area contributed by atoms with E-state index in [-0.39, 0.29) is 22.7 Å². The van der Waals surface area contributed by atoms with E-state index < -0.39 is 23.9 Å². The Morgan fingerprint density at radius 1 is 0.339 bits per heavy atom. The fourth-order valence-electron chi connectivity index (χ4n) is 6.84. The summed E-state index contributed by atoms with van der Waals surface area (Å²) in [5.41, 5.74) is 5.94. The fraction of sp³-hybridized carbons (Fsp3) is 0.0800. The molecule has 2 atom stereocenters. The Bertz CT molecular complexity index is 2260. The second kappa shape index (κ2) is 16.9. The maximum atomic E-state index is 14.8. The predicted molar refractivity (Wildman–Crippen MR) is 222 cm³/mol. The summed E-state index contributed by atoms with van der Waals surface area (Å²) in [4.78, 5) is 61.5. The molecule has 0 aliphatic rings. The third-order valence-electron chi connectivity index (χ3n) is 9.80. The van der Waals surface area contributed by atoms with Gasteiger partial charge in [0.15, 0.2) is 11.6 Å². The number of hydrogen-bond acceptors (Lipinski definition) is 4. The van der Waals surface area contributed by atoms with Gasteiger partial charge in [-0.2, -0.15) is 0 Å². The van der Waals surface area contributed by atoms with Gasteiger partial charge in [-0.3, -0.25) is 29.0 Å². The standard InChI is InChI=1S/C50H40N2O4/c1-35-23-31-43(32-24-35)51(45(37-15-7-3-8-16-37)47(53)39-19-11-5-12-20-39)49(55)41-27-29-42(30-28-41)50(56)52(44-33-25-36(2)26-34-44)46(38-17-9-4-10-18-38)48(54)40-21-13-6-14-22-40/h3-34,45-46H,1-2H3/t45-,46-/m1/s1. The van der Waals surface area contributed by atoms with Gasteiger partial charge >= 0.3 is 0 Å². The molecule has 0 saturated carbocycles. The molecule has 0 aromatic heterocycles. The van der Waals surface area contributed by atoms with E-state index in [1.165, 1.54) is 9.80 Å². The van der Waals surface area contributed by atoms with Crippen molar-refractivity contribution in [1.82, 2.24) is 0 Å². The summed E-state index contributed by atoms with van der Waals surface area (Å²) in [6.07, 6.45) is 0. The normalized spacial score (nSPS) is 11.9. The average Bonchev–Trinajstić information content (AvgIpc) is 3.26. The molecule has 274 valence electrons. The lowest BCUT2D eigenvalue weighted by molar-refractivity contribution is 0.0894. The number of rotatable bonds is 12. The molecule has 2 amide bonds. The van der Waals surface area contributed by atoms with Crippen LogP contribution in [0.5, 0.6) is 0 Å². The first kappa shape index (κ1) is 37.1. The molecule has 6 heteroatoms. The van der Waals surface area contributed by atoms with Gasteiger partial charge in [0, 0.05) is 33.6 Å². The Hall–Kier alpha value is -7.18. The van der Waals surface area contributed by atoms with Crippen LogP contribution in [0.2, 0.25) is 0 Å². The molecular weight excluding hydrogens is 693 g/mol. The van der Waals surface area contributed by atoms with Crippen molar-refractivity contribution < 1.29 is 19.2 Å². The van der Waals surface area contributed by atoms with Crippen molar-refractivity contribution in [2.75, 3.05) is 9.80 Å². The average molecular weight is 733 g/mol. The molecule has 0 heterocycles. The van der Waals surface area contributed by atoms with Gasteiger partial charge in [0.05, 0.1) is 0 Å². The van der Waals surface area contributed by atoms with Gasteiger partial charge in [-0.05, 0) is 73.5 Å². The molecule has 0 N–H and O–H groups in total. The quantitative estimate of drug-likeness (QED) is 0.117. The first-order valence-electron chi connectivity index (χ1n) is 18.5. The van der Waals surface area contributed by atoms with Crippen LogP contribution in [-0.2, 0) is 0 Å².